The van der Waals surface area contributed by atoms with Gasteiger partial charge in [-0.3, -0.25) is 0 Å². The summed E-state index contributed by atoms with van der Waals surface area (Å²) in [6.45, 7) is 4.05. The maximum absolute atomic E-state index is 11.8. The van der Waals surface area contributed by atoms with Crippen molar-refractivity contribution in [2.75, 3.05) is 36.5 Å². The highest BCUT2D eigenvalue weighted by Gasteiger charge is 2.15. The Balaban J connectivity index is 2.77. The summed E-state index contributed by atoms with van der Waals surface area (Å²) in [5.74, 6) is -0.446. The van der Waals surface area contributed by atoms with Gasteiger partial charge in [-0.15, -0.1) is 0 Å². The van der Waals surface area contributed by atoms with Gasteiger partial charge in [-0.05, 0) is 13.0 Å². The van der Waals surface area contributed by atoms with Gasteiger partial charge in [0.1, 0.15) is 11.4 Å². The Hall–Kier alpha value is -1.87. The lowest BCUT2D eigenvalue weighted by Gasteiger charge is -2.11. The first-order chi connectivity index (χ1) is 9.89. The third-order valence-electron chi connectivity index (χ3n) is 2.43. The second kappa shape index (κ2) is 7.79. The number of aromatic nitrogens is 1. The molecule has 0 saturated carbocycles. The molecular weight excluding hydrogens is 296 g/mol. The van der Waals surface area contributed by atoms with Crippen LogP contribution in [0.5, 0.6) is 0 Å². The minimum absolute atomic E-state index is 0.110. The predicted octanol–water partition coefficient (Wildman–Crippen LogP) is 0.192. The molecule has 0 aliphatic rings. The summed E-state index contributed by atoms with van der Waals surface area (Å²) in [4.78, 5) is 15.8. The van der Waals surface area contributed by atoms with Crippen LogP contribution in [0.25, 0.3) is 0 Å². The Morgan fingerprint density at radius 3 is 2.76 bits per heavy atom. The van der Waals surface area contributed by atoms with Gasteiger partial charge in [0.25, 0.3) is 0 Å². The van der Waals surface area contributed by atoms with Crippen LogP contribution in [-0.4, -0.2) is 44.8 Å². The second-order valence-electron chi connectivity index (χ2n) is 4.13. The van der Waals surface area contributed by atoms with Gasteiger partial charge in [0, 0.05) is 13.1 Å². The molecule has 4 N–H and O–H groups in total. The lowest BCUT2D eigenvalue weighted by molar-refractivity contribution is 0.0527. The molecule has 8 nitrogen and oxygen atoms in total. The van der Waals surface area contributed by atoms with Crippen molar-refractivity contribution in [2.24, 2.45) is 0 Å². The molecule has 0 aromatic carbocycles. The van der Waals surface area contributed by atoms with Crippen LogP contribution >= 0.6 is 0 Å². The summed E-state index contributed by atoms with van der Waals surface area (Å²) in [5.41, 5.74) is 6.10. The summed E-state index contributed by atoms with van der Waals surface area (Å²) in [6.07, 6.45) is 1.38. The summed E-state index contributed by atoms with van der Waals surface area (Å²) in [6, 6.07) is 1.44. The zero-order chi connectivity index (χ0) is 15.9. The Kier molecular flexibility index (Phi) is 6.38. The summed E-state index contributed by atoms with van der Waals surface area (Å²) in [7, 11) is -3.33. The Morgan fingerprint density at radius 2 is 2.14 bits per heavy atom. The fourth-order valence-electron chi connectivity index (χ4n) is 1.58. The average Bonchev–Trinajstić information content (AvgIpc) is 2.40. The van der Waals surface area contributed by atoms with E-state index >= 15 is 0 Å². The van der Waals surface area contributed by atoms with Crippen LogP contribution in [0, 0.1) is 0 Å². The number of carbonyl (C=O) groups is 1. The van der Waals surface area contributed by atoms with Crippen LogP contribution in [0.4, 0.5) is 11.5 Å². The molecule has 0 unspecified atom stereocenters. The number of pyridine rings is 1. The number of nitrogens with zero attached hydrogens (tertiary/aromatic N) is 1. The number of nitrogen functional groups attached to an aromatic ring is 1. The average molecular weight is 316 g/mol. The van der Waals surface area contributed by atoms with E-state index in [-0.39, 0.29) is 30.3 Å². The minimum Gasteiger partial charge on any atom is -0.462 e. The maximum Gasteiger partial charge on any atom is 0.341 e. The first-order valence-electron chi connectivity index (χ1n) is 6.53. The van der Waals surface area contributed by atoms with Crippen LogP contribution in [0.1, 0.15) is 24.2 Å². The SMILES string of the molecule is CCNS(=O)(=O)CCNc1ncc(N)cc1C(=O)OCC. The van der Waals surface area contributed by atoms with Gasteiger partial charge < -0.3 is 15.8 Å². The number of ether oxygens (including phenoxy) is 1. The molecule has 0 fully saturated rings. The number of rotatable bonds is 8. The molecule has 0 aliphatic heterocycles. The van der Waals surface area contributed by atoms with E-state index in [2.05, 4.69) is 15.0 Å². The third kappa shape index (κ3) is 5.56. The maximum atomic E-state index is 11.8. The van der Waals surface area contributed by atoms with Crippen molar-refractivity contribution >= 4 is 27.5 Å². The third-order valence-corrected chi connectivity index (χ3v) is 3.90. The monoisotopic (exact) mass is 316 g/mol. The molecule has 0 bridgehead atoms. The second-order valence-corrected chi connectivity index (χ2v) is 6.06. The number of carbonyl (C=O) groups excluding carboxylic acids is 1. The fourth-order valence-corrected chi connectivity index (χ4v) is 2.54. The highest BCUT2D eigenvalue weighted by molar-refractivity contribution is 7.89. The molecule has 0 amide bonds. The zero-order valence-electron chi connectivity index (χ0n) is 12.0. The lowest BCUT2D eigenvalue weighted by atomic mass is 10.2. The molecule has 1 rings (SSSR count). The van der Waals surface area contributed by atoms with Gasteiger partial charge in [-0.25, -0.2) is 22.9 Å². The predicted molar refractivity (Wildman–Crippen MR) is 80.6 cm³/mol. The van der Waals surface area contributed by atoms with Gasteiger partial charge in [0.15, 0.2) is 0 Å². The molecule has 0 spiro atoms. The van der Waals surface area contributed by atoms with Crippen LogP contribution in [0.15, 0.2) is 12.3 Å². The van der Waals surface area contributed by atoms with E-state index in [1.807, 2.05) is 0 Å². The number of nitrogens with two attached hydrogens (primary N) is 1. The Bertz CT molecular complexity index is 589. The van der Waals surface area contributed by atoms with Crippen molar-refractivity contribution < 1.29 is 17.9 Å². The highest BCUT2D eigenvalue weighted by Crippen LogP contribution is 2.16. The Morgan fingerprint density at radius 1 is 1.43 bits per heavy atom. The number of anilines is 2. The first-order valence-corrected chi connectivity index (χ1v) is 8.18. The topological polar surface area (TPSA) is 123 Å². The van der Waals surface area contributed by atoms with E-state index in [1.165, 1.54) is 12.3 Å². The molecule has 1 aromatic rings. The van der Waals surface area contributed by atoms with Crippen LogP contribution < -0.4 is 15.8 Å². The molecule has 1 heterocycles. The standard InChI is InChI=1S/C12H20N4O4S/c1-3-16-21(18,19)6-5-14-11-10(12(17)20-4-2)7-9(13)8-15-11/h7-8,16H,3-6,13H2,1-2H3,(H,14,15). The Labute approximate surface area is 124 Å². The van der Waals surface area contributed by atoms with Crippen LogP contribution in [-0.2, 0) is 14.8 Å². The molecule has 0 saturated heterocycles. The quantitative estimate of drug-likeness (QED) is 0.585. The van der Waals surface area contributed by atoms with Gasteiger partial charge in [0.05, 0.1) is 24.2 Å². The van der Waals surface area contributed by atoms with E-state index in [0.717, 1.165) is 0 Å². The van der Waals surface area contributed by atoms with Crippen molar-refractivity contribution in [2.45, 2.75) is 13.8 Å². The van der Waals surface area contributed by atoms with Crippen molar-refractivity contribution in [1.29, 1.82) is 0 Å². The number of nitrogens with one attached hydrogen (secondary N) is 2. The number of sulfonamides is 1. The van der Waals surface area contributed by atoms with Gasteiger partial charge in [-0.1, -0.05) is 6.92 Å². The molecule has 0 aliphatic carbocycles. The number of hydrogen-bond donors (Lipinski definition) is 3. The molecule has 0 atom stereocenters. The van der Waals surface area contributed by atoms with Crippen molar-refractivity contribution in [1.82, 2.24) is 9.71 Å². The molecular formula is C12H20N4O4S. The largest absolute Gasteiger partial charge is 0.462 e. The smallest absolute Gasteiger partial charge is 0.341 e. The van der Waals surface area contributed by atoms with Crippen molar-refractivity contribution in [3.63, 3.8) is 0 Å². The van der Waals surface area contributed by atoms with E-state index < -0.39 is 16.0 Å². The molecule has 118 valence electrons. The van der Waals surface area contributed by atoms with E-state index in [1.54, 1.807) is 13.8 Å². The lowest BCUT2D eigenvalue weighted by Crippen LogP contribution is -2.29. The number of esters is 1. The summed E-state index contributed by atoms with van der Waals surface area (Å²) in [5, 5.41) is 2.81. The van der Waals surface area contributed by atoms with E-state index in [0.29, 0.717) is 12.2 Å². The van der Waals surface area contributed by atoms with Crippen LogP contribution in [0.2, 0.25) is 0 Å². The first kappa shape index (κ1) is 17.2. The van der Waals surface area contributed by atoms with Crippen LogP contribution in [0.3, 0.4) is 0 Å². The van der Waals surface area contributed by atoms with Crippen molar-refractivity contribution in [3.05, 3.63) is 17.8 Å². The fraction of sp³-hybridized carbons (Fsp3) is 0.500. The molecule has 0 radical (unpaired) electrons. The van der Waals surface area contributed by atoms with Gasteiger partial charge in [-0.2, -0.15) is 0 Å². The normalized spacial score (nSPS) is 11.1. The minimum atomic E-state index is -3.33. The van der Waals surface area contributed by atoms with Gasteiger partial charge >= 0.3 is 5.97 Å². The zero-order valence-corrected chi connectivity index (χ0v) is 12.9. The molecule has 21 heavy (non-hydrogen) atoms. The summed E-state index contributed by atoms with van der Waals surface area (Å²) >= 11 is 0. The summed E-state index contributed by atoms with van der Waals surface area (Å²) < 4.78 is 30.3. The van der Waals surface area contributed by atoms with Crippen molar-refractivity contribution in [3.8, 4) is 0 Å². The van der Waals surface area contributed by atoms with Gasteiger partial charge in [0.2, 0.25) is 10.0 Å². The number of hydrogen-bond acceptors (Lipinski definition) is 7. The van der Waals surface area contributed by atoms with E-state index in [4.69, 9.17) is 10.5 Å². The highest BCUT2D eigenvalue weighted by atomic mass is 32.2. The van der Waals surface area contributed by atoms with E-state index in [9.17, 15) is 13.2 Å². The molecule has 9 heteroatoms. The molecule has 1 aromatic heterocycles.